The Morgan fingerprint density at radius 1 is 1.22 bits per heavy atom. The monoisotopic (exact) mass is 257 g/mol. The summed E-state index contributed by atoms with van der Waals surface area (Å²) in [5, 5.41) is 26.3. The van der Waals surface area contributed by atoms with Crippen LogP contribution in [0.25, 0.3) is 0 Å². The van der Waals surface area contributed by atoms with E-state index in [4.69, 9.17) is 19.7 Å². The Bertz CT molecular complexity index is 407. The topological polar surface area (TPSA) is 111 Å². The van der Waals surface area contributed by atoms with Crippen molar-refractivity contribution < 1.29 is 29.3 Å². The Morgan fingerprint density at radius 2 is 1.83 bits per heavy atom. The Kier molecular flexibility index (Phi) is 5.34. The van der Waals surface area contributed by atoms with Crippen LogP contribution in [0.1, 0.15) is 16.1 Å². The lowest BCUT2D eigenvalue weighted by Gasteiger charge is -2.20. The Labute approximate surface area is 103 Å². The number of carbonyl (C=O) groups is 2. The normalized spacial score (nSPS) is 10.3. The van der Waals surface area contributed by atoms with Gasteiger partial charge in [0.2, 0.25) is 0 Å². The molecule has 1 aromatic rings. The molecule has 0 aliphatic rings. The van der Waals surface area contributed by atoms with Gasteiger partial charge in [-0.2, -0.15) is 0 Å². The largest absolute Gasteiger partial charge is 0.481 e. The van der Waals surface area contributed by atoms with Crippen molar-refractivity contribution in [2.24, 2.45) is 0 Å². The fourth-order valence-corrected chi connectivity index (χ4v) is 1.53. The highest BCUT2D eigenvalue weighted by atomic mass is 16.4. The SMILES string of the molecule is O=C(O)Cc1occc1C(=O)N(CCO)CCO. The standard InChI is InChI=1S/C11H15NO6/c13-4-2-12(3-5-14)11(17)8-1-6-18-9(8)7-10(15)16/h1,6,13-14H,2-5,7H2,(H,15,16). The average molecular weight is 257 g/mol. The summed E-state index contributed by atoms with van der Waals surface area (Å²) in [6.07, 6.45) is 0.849. The van der Waals surface area contributed by atoms with Crippen molar-refractivity contribution in [2.75, 3.05) is 26.3 Å². The quantitative estimate of drug-likeness (QED) is 0.597. The summed E-state index contributed by atoms with van der Waals surface area (Å²) < 4.78 is 4.95. The number of carboxylic acids is 1. The Morgan fingerprint density at radius 3 is 2.33 bits per heavy atom. The lowest BCUT2D eigenvalue weighted by atomic mass is 10.2. The van der Waals surface area contributed by atoms with Crippen LogP contribution in [-0.4, -0.2) is 58.4 Å². The van der Waals surface area contributed by atoms with E-state index < -0.39 is 11.9 Å². The van der Waals surface area contributed by atoms with Gasteiger partial charge in [0.25, 0.3) is 5.91 Å². The minimum absolute atomic E-state index is 0.0633. The summed E-state index contributed by atoms with van der Waals surface area (Å²) in [4.78, 5) is 23.9. The molecule has 0 spiro atoms. The molecular formula is C11H15NO6. The van der Waals surface area contributed by atoms with E-state index in [1.165, 1.54) is 17.2 Å². The maximum absolute atomic E-state index is 12.0. The lowest BCUT2D eigenvalue weighted by molar-refractivity contribution is -0.136. The molecule has 100 valence electrons. The van der Waals surface area contributed by atoms with Gasteiger partial charge in [-0.1, -0.05) is 0 Å². The van der Waals surface area contributed by atoms with Crippen LogP contribution in [0.15, 0.2) is 16.7 Å². The van der Waals surface area contributed by atoms with E-state index in [-0.39, 0.29) is 44.0 Å². The van der Waals surface area contributed by atoms with Crippen LogP contribution in [0.3, 0.4) is 0 Å². The second kappa shape index (κ2) is 6.77. The number of nitrogens with zero attached hydrogens (tertiary/aromatic N) is 1. The van der Waals surface area contributed by atoms with Gasteiger partial charge in [-0.05, 0) is 6.07 Å². The molecule has 0 saturated carbocycles. The summed E-state index contributed by atoms with van der Waals surface area (Å²) in [7, 11) is 0. The highest BCUT2D eigenvalue weighted by molar-refractivity contribution is 5.96. The number of rotatable bonds is 7. The van der Waals surface area contributed by atoms with Gasteiger partial charge in [-0.25, -0.2) is 0 Å². The van der Waals surface area contributed by atoms with Gasteiger partial charge in [0, 0.05) is 13.1 Å². The first-order chi connectivity index (χ1) is 8.60. The van der Waals surface area contributed by atoms with E-state index in [0.717, 1.165) is 0 Å². The molecule has 7 nitrogen and oxygen atoms in total. The van der Waals surface area contributed by atoms with E-state index in [1.54, 1.807) is 0 Å². The number of aliphatic hydroxyl groups is 2. The third-order valence-electron chi connectivity index (χ3n) is 2.31. The molecule has 1 heterocycles. The maximum atomic E-state index is 12.0. The molecule has 0 aliphatic heterocycles. The number of hydrogen-bond acceptors (Lipinski definition) is 5. The smallest absolute Gasteiger partial charge is 0.311 e. The minimum atomic E-state index is -1.10. The van der Waals surface area contributed by atoms with Crippen LogP contribution in [0.4, 0.5) is 0 Å². The number of furan rings is 1. The predicted molar refractivity (Wildman–Crippen MR) is 60.1 cm³/mol. The molecule has 1 rings (SSSR count). The summed E-state index contributed by atoms with van der Waals surface area (Å²) in [5.41, 5.74) is 0.138. The van der Waals surface area contributed by atoms with E-state index in [2.05, 4.69) is 0 Å². The zero-order valence-electron chi connectivity index (χ0n) is 9.70. The van der Waals surface area contributed by atoms with Crippen LogP contribution < -0.4 is 0 Å². The summed E-state index contributed by atoms with van der Waals surface area (Å²) >= 11 is 0. The van der Waals surface area contributed by atoms with Gasteiger partial charge in [-0.3, -0.25) is 9.59 Å². The number of carboxylic acid groups (broad SMARTS) is 1. The third-order valence-corrected chi connectivity index (χ3v) is 2.31. The molecule has 0 atom stereocenters. The molecule has 0 bridgehead atoms. The summed E-state index contributed by atoms with van der Waals surface area (Å²) in [5.74, 6) is -1.51. The van der Waals surface area contributed by atoms with Crippen molar-refractivity contribution in [3.8, 4) is 0 Å². The third kappa shape index (κ3) is 3.57. The van der Waals surface area contributed by atoms with Crippen molar-refractivity contribution >= 4 is 11.9 Å². The van der Waals surface area contributed by atoms with Gasteiger partial charge < -0.3 is 24.6 Å². The molecule has 3 N–H and O–H groups in total. The Hall–Kier alpha value is -1.86. The highest BCUT2D eigenvalue weighted by Crippen LogP contribution is 2.14. The summed E-state index contributed by atoms with van der Waals surface area (Å²) in [6, 6.07) is 1.38. The molecule has 0 saturated heterocycles. The number of carbonyl (C=O) groups excluding carboxylic acids is 1. The fraction of sp³-hybridized carbons (Fsp3) is 0.455. The number of amides is 1. The second-order valence-corrected chi connectivity index (χ2v) is 3.57. The van der Waals surface area contributed by atoms with Gasteiger partial charge in [0.05, 0.1) is 25.0 Å². The molecule has 0 fully saturated rings. The van der Waals surface area contributed by atoms with Gasteiger partial charge in [-0.15, -0.1) is 0 Å². The Balaban J connectivity index is 2.87. The fourth-order valence-electron chi connectivity index (χ4n) is 1.53. The van der Waals surface area contributed by atoms with E-state index in [9.17, 15) is 9.59 Å². The molecular weight excluding hydrogens is 242 g/mol. The first kappa shape index (κ1) is 14.2. The van der Waals surface area contributed by atoms with Crippen LogP contribution >= 0.6 is 0 Å². The molecule has 0 aromatic carbocycles. The first-order valence-corrected chi connectivity index (χ1v) is 5.39. The molecule has 0 radical (unpaired) electrons. The molecule has 18 heavy (non-hydrogen) atoms. The van der Waals surface area contributed by atoms with Crippen molar-refractivity contribution in [3.63, 3.8) is 0 Å². The zero-order valence-corrected chi connectivity index (χ0v) is 9.70. The average Bonchev–Trinajstić information content (AvgIpc) is 2.75. The van der Waals surface area contributed by atoms with Crippen molar-refractivity contribution in [3.05, 3.63) is 23.7 Å². The first-order valence-electron chi connectivity index (χ1n) is 5.39. The van der Waals surface area contributed by atoms with E-state index >= 15 is 0 Å². The molecule has 1 amide bonds. The molecule has 0 aliphatic carbocycles. The zero-order chi connectivity index (χ0) is 13.5. The van der Waals surface area contributed by atoms with Gasteiger partial charge in [0.15, 0.2) is 0 Å². The van der Waals surface area contributed by atoms with Gasteiger partial charge >= 0.3 is 5.97 Å². The molecule has 7 heteroatoms. The number of aliphatic hydroxyl groups excluding tert-OH is 2. The van der Waals surface area contributed by atoms with E-state index in [1.807, 2.05) is 0 Å². The van der Waals surface area contributed by atoms with Crippen LogP contribution in [0.5, 0.6) is 0 Å². The van der Waals surface area contributed by atoms with Crippen molar-refractivity contribution in [1.82, 2.24) is 4.90 Å². The highest BCUT2D eigenvalue weighted by Gasteiger charge is 2.21. The maximum Gasteiger partial charge on any atom is 0.311 e. The molecule has 0 unspecified atom stereocenters. The summed E-state index contributed by atoms with van der Waals surface area (Å²) in [6.45, 7) is -0.343. The van der Waals surface area contributed by atoms with Crippen molar-refractivity contribution in [2.45, 2.75) is 6.42 Å². The number of aliphatic carboxylic acids is 1. The van der Waals surface area contributed by atoms with Gasteiger partial charge in [0.1, 0.15) is 12.2 Å². The lowest BCUT2D eigenvalue weighted by Crippen LogP contribution is -2.36. The second-order valence-electron chi connectivity index (χ2n) is 3.57. The van der Waals surface area contributed by atoms with Crippen molar-refractivity contribution in [1.29, 1.82) is 0 Å². The van der Waals surface area contributed by atoms with Crippen LogP contribution in [0.2, 0.25) is 0 Å². The minimum Gasteiger partial charge on any atom is -0.481 e. The number of hydrogen-bond donors (Lipinski definition) is 3. The van der Waals surface area contributed by atoms with Crippen LogP contribution in [0, 0.1) is 0 Å². The van der Waals surface area contributed by atoms with Crippen LogP contribution in [-0.2, 0) is 11.2 Å². The van der Waals surface area contributed by atoms with E-state index in [0.29, 0.717) is 0 Å². The predicted octanol–water partition coefficient (Wildman–Crippen LogP) is -0.667. The molecule has 1 aromatic heterocycles.